The first-order valence-corrected chi connectivity index (χ1v) is 18.1. The fraction of sp³-hybridized carbons (Fsp3) is 0.233. The molecule has 0 saturated carbocycles. The van der Waals surface area contributed by atoms with Crippen LogP contribution in [0.5, 0.6) is 0 Å². The van der Waals surface area contributed by atoms with Crippen molar-refractivity contribution in [2.45, 2.75) is 44.3 Å². The van der Waals surface area contributed by atoms with Gasteiger partial charge < -0.3 is 25.8 Å². The number of aromatic nitrogens is 1. The molecule has 0 saturated heterocycles. The maximum atomic E-state index is 13.7. The van der Waals surface area contributed by atoms with E-state index >= 15 is 0 Å². The summed E-state index contributed by atoms with van der Waals surface area (Å²) in [6.07, 6.45) is -2.19. The summed E-state index contributed by atoms with van der Waals surface area (Å²) in [6, 6.07) is 31.4. The highest BCUT2D eigenvalue weighted by Crippen LogP contribution is 2.37. The third-order valence-electron chi connectivity index (χ3n) is 8.59. The lowest BCUT2D eigenvalue weighted by atomic mass is 9.78. The fourth-order valence-electron chi connectivity index (χ4n) is 5.86. The molecule has 0 aliphatic carbocycles. The summed E-state index contributed by atoms with van der Waals surface area (Å²) in [4.78, 5) is 52.7. The number of halogens is 5. The summed E-state index contributed by atoms with van der Waals surface area (Å²) in [6.45, 7) is 1.32. The average Bonchev–Trinajstić information content (AvgIpc) is 3.20. The highest BCUT2D eigenvalue weighted by Gasteiger charge is 2.41. The number of hydrogen-bond donors (Lipinski definition) is 4. The number of rotatable bonds is 16. The molecule has 0 spiro atoms. The standard InChI is InChI=1S/C39H36F2N4O4.C4H5F3O2/c40-33-17-13-27(14-18-33)29-7-5-9-31(23-29)39(25-38(48)49,32-10-6-8-30(24-32)28-15-19-34(41)20-16-28)45-37(47)26-44-36(46)12-2-4-22-43-35-11-1-3-21-42-35;1-2-9-3(8)4(5,6)7/h1,3,5-11,13-21,23-24H,2,4,12,22,25-26H2,(H,42,43)(H,44,46)(H,45,47)(H,48,49);2H2,1H3. The quantitative estimate of drug-likeness (QED) is 0.0446. The number of carboxylic acid groups (broad SMARTS) is 1. The number of nitrogens with one attached hydrogen (secondary N) is 3. The zero-order valence-electron chi connectivity index (χ0n) is 31.3. The Labute approximate surface area is 331 Å². The van der Waals surface area contributed by atoms with Crippen molar-refractivity contribution in [3.8, 4) is 22.3 Å². The molecule has 0 radical (unpaired) electrons. The van der Waals surface area contributed by atoms with Crippen molar-refractivity contribution >= 4 is 29.6 Å². The van der Waals surface area contributed by atoms with Crippen LogP contribution in [0.15, 0.2) is 121 Å². The number of benzene rings is 4. The molecule has 0 aliphatic heterocycles. The molecule has 5 aromatic rings. The predicted octanol–water partition coefficient (Wildman–Crippen LogP) is 8.04. The van der Waals surface area contributed by atoms with E-state index in [9.17, 15) is 46.2 Å². The minimum atomic E-state index is -4.85. The predicted molar refractivity (Wildman–Crippen MR) is 207 cm³/mol. The molecule has 2 amide bonds. The average molecular weight is 805 g/mol. The second kappa shape index (κ2) is 21.0. The summed E-state index contributed by atoms with van der Waals surface area (Å²) < 4.78 is 64.5. The first-order chi connectivity index (χ1) is 27.7. The number of unbranched alkanes of at least 4 members (excludes halogenated alkanes) is 1. The van der Waals surface area contributed by atoms with Gasteiger partial charge in [-0.1, -0.05) is 66.7 Å². The Morgan fingerprint density at radius 2 is 1.28 bits per heavy atom. The fourth-order valence-corrected chi connectivity index (χ4v) is 5.86. The van der Waals surface area contributed by atoms with Crippen molar-refractivity contribution in [3.05, 3.63) is 144 Å². The molecule has 0 unspecified atom stereocenters. The van der Waals surface area contributed by atoms with E-state index < -0.39 is 47.6 Å². The molecule has 10 nitrogen and oxygen atoms in total. The number of nitrogens with zero attached hydrogens (tertiary/aromatic N) is 1. The molecular weight excluding hydrogens is 763 g/mol. The Morgan fingerprint density at radius 1 is 0.707 bits per heavy atom. The smallest absolute Gasteiger partial charge is 0.481 e. The van der Waals surface area contributed by atoms with E-state index in [0.717, 1.165) is 5.82 Å². The van der Waals surface area contributed by atoms with E-state index in [0.29, 0.717) is 52.8 Å². The number of amides is 2. The van der Waals surface area contributed by atoms with E-state index in [4.69, 9.17) is 0 Å². The molecule has 0 bridgehead atoms. The summed E-state index contributed by atoms with van der Waals surface area (Å²) in [5, 5.41) is 19.0. The van der Waals surface area contributed by atoms with E-state index in [2.05, 4.69) is 25.7 Å². The largest absolute Gasteiger partial charge is 0.490 e. The van der Waals surface area contributed by atoms with Crippen molar-refractivity contribution in [2.24, 2.45) is 0 Å². The second-order valence-electron chi connectivity index (χ2n) is 12.8. The Hall–Kier alpha value is -6.64. The molecule has 0 atom stereocenters. The Balaban J connectivity index is 0.000000738. The van der Waals surface area contributed by atoms with Gasteiger partial charge in [-0.15, -0.1) is 0 Å². The molecule has 4 aromatic carbocycles. The van der Waals surface area contributed by atoms with Gasteiger partial charge in [-0.05, 0) is 102 Å². The van der Waals surface area contributed by atoms with Crippen LogP contribution in [0.2, 0.25) is 0 Å². The van der Waals surface area contributed by atoms with Crippen molar-refractivity contribution in [1.82, 2.24) is 15.6 Å². The normalized spacial score (nSPS) is 11.1. The highest BCUT2D eigenvalue weighted by atomic mass is 19.4. The van der Waals surface area contributed by atoms with Crippen LogP contribution in [0.4, 0.5) is 27.8 Å². The summed E-state index contributed by atoms with van der Waals surface area (Å²) in [5.41, 5.74) is 2.10. The summed E-state index contributed by atoms with van der Waals surface area (Å²) >= 11 is 0. The van der Waals surface area contributed by atoms with E-state index in [-0.39, 0.29) is 25.5 Å². The van der Waals surface area contributed by atoms with Crippen LogP contribution in [-0.2, 0) is 29.5 Å². The van der Waals surface area contributed by atoms with Gasteiger partial charge in [-0.2, -0.15) is 13.2 Å². The van der Waals surface area contributed by atoms with Gasteiger partial charge in [0.2, 0.25) is 11.8 Å². The first kappa shape index (κ1) is 44.1. The third-order valence-corrected chi connectivity index (χ3v) is 8.59. The molecule has 1 aromatic heterocycles. The van der Waals surface area contributed by atoms with Gasteiger partial charge >= 0.3 is 18.1 Å². The van der Waals surface area contributed by atoms with Gasteiger partial charge in [0.25, 0.3) is 0 Å². The molecule has 304 valence electrons. The Kier molecular flexibility index (Phi) is 16.0. The number of aliphatic carboxylic acids is 1. The zero-order chi connectivity index (χ0) is 42.1. The monoisotopic (exact) mass is 804 g/mol. The molecule has 4 N–H and O–H groups in total. The number of esters is 1. The number of carboxylic acids is 1. The van der Waals surface area contributed by atoms with Gasteiger partial charge in [0.15, 0.2) is 0 Å². The Morgan fingerprint density at radius 3 is 1.74 bits per heavy atom. The van der Waals surface area contributed by atoms with Crippen molar-refractivity contribution in [2.75, 3.05) is 25.0 Å². The molecule has 0 fully saturated rings. The second-order valence-corrected chi connectivity index (χ2v) is 12.8. The van der Waals surface area contributed by atoms with E-state index in [1.165, 1.54) is 31.2 Å². The molecule has 58 heavy (non-hydrogen) atoms. The lowest BCUT2D eigenvalue weighted by Gasteiger charge is -2.35. The maximum Gasteiger partial charge on any atom is 0.490 e. The molecule has 1 heterocycles. The van der Waals surface area contributed by atoms with Gasteiger partial charge in [-0.3, -0.25) is 14.4 Å². The molecular formula is C43H41F5N4O6. The zero-order valence-corrected chi connectivity index (χ0v) is 31.3. The summed E-state index contributed by atoms with van der Waals surface area (Å²) in [7, 11) is 0. The van der Waals surface area contributed by atoms with Crippen LogP contribution < -0.4 is 16.0 Å². The summed E-state index contributed by atoms with van der Waals surface area (Å²) in [5.74, 6) is -4.26. The molecule has 5 rings (SSSR count). The minimum absolute atomic E-state index is 0.205. The highest BCUT2D eigenvalue weighted by molar-refractivity contribution is 5.86. The van der Waals surface area contributed by atoms with Crippen LogP contribution in [0.3, 0.4) is 0 Å². The first-order valence-electron chi connectivity index (χ1n) is 18.1. The Bertz CT molecular complexity index is 2040. The SMILES string of the molecule is CCOC(=O)C(F)(F)F.O=C(O)CC(NC(=O)CNC(=O)CCCCNc1ccccn1)(c1cccc(-c2ccc(F)cc2)c1)c1cccc(-c2ccc(F)cc2)c1. The van der Waals surface area contributed by atoms with E-state index in [1.54, 1.807) is 66.9 Å². The van der Waals surface area contributed by atoms with Crippen LogP contribution in [0.1, 0.15) is 43.7 Å². The maximum absolute atomic E-state index is 13.7. The van der Waals surface area contributed by atoms with Gasteiger partial charge in [0, 0.05) is 19.2 Å². The van der Waals surface area contributed by atoms with Crippen LogP contribution in [0, 0.1) is 11.6 Å². The number of anilines is 1. The number of carbonyl (C=O) groups excluding carboxylic acids is 3. The van der Waals surface area contributed by atoms with Crippen molar-refractivity contribution in [1.29, 1.82) is 0 Å². The van der Waals surface area contributed by atoms with Crippen molar-refractivity contribution < 1.29 is 51.0 Å². The van der Waals surface area contributed by atoms with Gasteiger partial charge in [0.1, 0.15) is 23.0 Å². The number of hydrogen-bond acceptors (Lipinski definition) is 7. The number of ether oxygens (including phenoxy) is 1. The number of alkyl halides is 3. The number of carbonyl (C=O) groups is 4. The van der Waals surface area contributed by atoms with Crippen LogP contribution in [0.25, 0.3) is 22.3 Å². The molecule has 15 heteroatoms. The molecule has 0 aliphatic rings. The van der Waals surface area contributed by atoms with Crippen LogP contribution >= 0.6 is 0 Å². The lowest BCUT2D eigenvalue weighted by Crippen LogP contribution is -2.51. The van der Waals surface area contributed by atoms with Gasteiger partial charge in [0.05, 0.1) is 19.6 Å². The minimum Gasteiger partial charge on any atom is -0.481 e. The third kappa shape index (κ3) is 13.2. The lowest BCUT2D eigenvalue weighted by molar-refractivity contribution is -0.199. The topological polar surface area (TPSA) is 147 Å². The van der Waals surface area contributed by atoms with Gasteiger partial charge in [-0.25, -0.2) is 18.6 Å². The van der Waals surface area contributed by atoms with Crippen LogP contribution in [-0.4, -0.2) is 59.7 Å². The van der Waals surface area contributed by atoms with E-state index in [1.807, 2.05) is 30.3 Å². The van der Waals surface area contributed by atoms with Crippen molar-refractivity contribution in [3.63, 3.8) is 0 Å². The number of pyridine rings is 1.